The van der Waals surface area contributed by atoms with Crippen LogP contribution >= 0.6 is 0 Å². The largest absolute Gasteiger partial charge is 0.495 e. The summed E-state index contributed by atoms with van der Waals surface area (Å²) < 4.78 is 10.0. The van der Waals surface area contributed by atoms with E-state index in [4.69, 9.17) is 14.6 Å². The second kappa shape index (κ2) is 6.75. The number of aryl methyl sites for hydroxylation is 1. The Bertz CT molecular complexity index is 472. The van der Waals surface area contributed by atoms with Gasteiger partial charge in [0.05, 0.1) is 12.8 Å². The van der Waals surface area contributed by atoms with Gasteiger partial charge in [0, 0.05) is 0 Å². The van der Waals surface area contributed by atoms with Gasteiger partial charge in [-0.25, -0.2) is 4.79 Å². The van der Waals surface area contributed by atoms with Gasteiger partial charge in [0.15, 0.2) is 6.10 Å². The van der Waals surface area contributed by atoms with Crippen LogP contribution in [0.25, 0.3) is 0 Å². The zero-order chi connectivity index (χ0) is 14.4. The maximum Gasteiger partial charge on any atom is 0.332 e. The molecule has 104 valence electrons. The Morgan fingerprint density at radius 2 is 2.11 bits per heavy atom. The minimum atomic E-state index is -1.11. The van der Waals surface area contributed by atoms with Crippen molar-refractivity contribution in [2.45, 2.75) is 20.0 Å². The zero-order valence-corrected chi connectivity index (χ0v) is 11.1. The van der Waals surface area contributed by atoms with Gasteiger partial charge in [-0.1, -0.05) is 6.07 Å². The fraction of sp³-hybridized carbons (Fsp3) is 0.385. The molecule has 1 atom stereocenters. The molecule has 0 spiro atoms. The Kier molecular flexibility index (Phi) is 5.32. The number of anilines is 1. The number of nitrogens with one attached hydrogen (secondary N) is 1. The first kappa shape index (κ1) is 15.0. The van der Waals surface area contributed by atoms with Gasteiger partial charge in [-0.3, -0.25) is 4.79 Å². The van der Waals surface area contributed by atoms with E-state index in [1.54, 1.807) is 12.1 Å². The van der Waals surface area contributed by atoms with Crippen LogP contribution in [-0.4, -0.2) is 36.8 Å². The maximum absolute atomic E-state index is 11.6. The third-order valence-corrected chi connectivity index (χ3v) is 2.44. The van der Waals surface area contributed by atoms with Crippen LogP contribution in [0.5, 0.6) is 5.75 Å². The van der Waals surface area contributed by atoms with E-state index in [2.05, 4.69) is 5.32 Å². The number of amides is 1. The summed E-state index contributed by atoms with van der Waals surface area (Å²) in [4.78, 5) is 22.2. The minimum absolute atomic E-state index is 0.329. The lowest BCUT2D eigenvalue weighted by Gasteiger charge is -2.12. The van der Waals surface area contributed by atoms with Crippen molar-refractivity contribution in [2.75, 3.05) is 19.0 Å². The summed E-state index contributed by atoms with van der Waals surface area (Å²) >= 11 is 0. The van der Waals surface area contributed by atoms with Crippen molar-refractivity contribution in [3.8, 4) is 5.75 Å². The summed E-state index contributed by atoms with van der Waals surface area (Å²) in [6, 6.07) is 5.36. The van der Waals surface area contributed by atoms with Crippen LogP contribution in [0.4, 0.5) is 5.69 Å². The summed E-state index contributed by atoms with van der Waals surface area (Å²) in [5.41, 5.74) is 1.50. The Balaban J connectivity index is 2.62. The average Bonchev–Trinajstić information content (AvgIpc) is 2.36. The van der Waals surface area contributed by atoms with Crippen LogP contribution in [0.2, 0.25) is 0 Å². The van der Waals surface area contributed by atoms with Gasteiger partial charge in [0.2, 0.25) is 0 Å². The van der Waals surface area contributed by atoms with E-state index in [-0.39, 0.29) is 6.61 Å². The lowest BCUT2D eigenvalue weighted by atomic mass is 10.2. The van der Waals surface area contributed by atoms with Crippen molar-refractivity contribution in [3.63, 3.8) is 0 Å². The van der Waals surface area contributed by atoms with E-state index in [0.29, 0.717) is 11.4 Å². The SMILES string of the molecule is COc1ccc(C)cc1NC(=O)COC(C)C(=O)O. The molecule has 6 heteroatoms. The highest BCUT2D eigenvalue weighted by atomic mass is 16.5. The Morgan fingerprint density at radius 1 is 1.42 bits per heavy atom. The van der Waals surface area contributed by atoms with E-state index in [1.807, 2.05) is 13.0 Å². The fourth-order valence-electron chi connectivity index (χ4n) is 1.38. The molecular formula is C13H17NO5. The number of benzene rings is 1. The van der Waals surface area contributed by atoms with Gasteiger partial charge in [-0.2, -0.15) is 0 Å². The number of carbonyl (C=O) groups is 2. The molecule has 6 nitrogen and oxygen atoms in total. The van der Waals surface area contributed by atoms with Gasteiger partial charge in [0.1, 0.15) is 12.4 Å². The highest BCUT2D eigenvalue weighted by Gasteiger charge is 2.14. The smallest absolute Gasteiger partial charge is 0.332 e. The summed E-state index contributed by atoms with van der Waals surface area (Å²) in [7, 11) is 1.50. The first-order valence-corrected chi connectivity index (χ1v) is 5.73. The van der Waals surface area contributed by atoms with E-state index in [1.165, 1.54) is 14.0 Å². The molecule has 0 aliphatic heterocycles. The third-order valence-electron chi connectivity index (χ3n) is 2.44. The number of methoxy groups -OCH3 is 1. The van der Waals surface area contributed by atoms with Gasteiger partial charge in [-0.05, 0) is 31.5 Å². The molecule has 0 aliphatic carbocycles. The van der Waals surface area contributed by atoms with Crippen molar-refractivity contribution in [3.05, 3.63) is 23.8 Å². The molecule has 1 aromatic carbocycles. The molecule has 0 radical (unpaired) electrons. The molecule has 1 aromatic rings. The summed E-state index contributed by atoms with van der Waals surface area (Å²) in [5.74, 6) is -1.01. The summed E-state index contributed by atoms with van der Waals surface area (Å²) in [6.45, 7) is 2.92. The molecule has 0 aromatic heterocycles. The van der Waals surface area contributed by atoms with Crippen LogP contribution in [-0.2, 0) is 14.3 Å². The molecule has 0 saturated heterocycles. The molecule has 19 heavy (non-hydrogen) atoms. The highest BCUT2D eigenvalue weighted by molar-refractivity contribution is 5.93. The lowest BCUT2D eigenvalue weighted by Crippen LogP contribution is -2.26. The van der Waals surface area contributed by atoms with Gasteiger partial charge in [0.25, 0.3) is 5.91 Å². The molecule has 2 N–H and O–H groups in total. The molecule has 1 unspecified atom stereocenters. The van der Waals surface area contributed by atoms with Crippen LogP contribution < -0.4 is 10.1 Å². The molecular weight excluding hydrogens is 250 g/mol. The number of aliphatic carboxylic acids is 1. The zero-order valence-electron chi connectivity index (χ0n) is 11.1. The van der Waals surface area contributed by atoms with Crippen molar-refractivity contribution >= 4 is 17.6 Å². The van der Waals surface area contributed by atoms with Gasteiger partial charge >= 0.3 is 5.97 Å². The highest BCUT2D eigenvalue weighted by Crippen LogP contribution is 2.24. The molecule has 1 rings (SSSR count). The molecule has 0 bridgehead atoms. The first-order valence-electron chi connectivity index (χ1n) is 5.73. The number of rotatable bonds is 6. The predicted octanol–water partition coefficient (Wildman–Crippen LogP) is 1.43. The Labute approximate surface area is 111 Å². The van der Waals surface area contributed by atoms with Crippen molar-refractivity contribution in [1.82, 2.24) is 0 Å². The number of ether oxygens (including phenoxy) is 2. The van der Waals surface area contributed by atoms with Crippen molar-refractivity contribution < 1.29 is 24.2 Å². The molecule has 0 fully saturated rings. The topological polar surface area (TPSA) is 84.9 Å². The van der Waals surface area contributed by atoms with E-state index in [9.17, 15) is 9.59 Å². The summed E-state index contributed by atoms with van der Waals surface area (Å²) in [6.07, 6.45) is -1.02. The number of carboxylic acid groups (broad SMARTS) is 1. The van der Waals surface area contributed by atoms with E-state index in [0.717, 1.165) is 5.56 Å². The second-order valence-corrected chi connectivity index (χ2v) is 4.04. The molecule has 0 saturated carbocycles. The second-order valence-electron chi connectivity index (χ2n) is 4.04. The minimum Gasteiger partial charge on any atom is -0.495 e. The number of hydrogen-bond donors (Lipinski definition) is 2. The third kappa shape index (κ3) is 4.59. The molecule has 1 amide bonds. The monoisotopic (exact) mass is 267 g/mol. The Hall–Kier alpha value is -2.08. The van der Waals surface area contributed by atoms with Crippen molar-refractivity contribution in [1.29, 1.82) is 0 Å². The summed E-state index contributed by atoms with van der Waals surface area (Å²) in [5, 5.41) is 11.2. The standard InChI is InChI=1S/C13H17NO5/c1-8-4-5-11(18-3)10(6-8)14-12(15)7-19-9(2)13(16)17/h4-6,9H,7H2,1-3H3,(H,14,15)(H,16,17). The van der Waals surface area contributed by atoms with Crippen LogP contribution in [0.3, 0.4) is 0 Å². The van der Waals surface area contributed by atoms with Crippen LogP contribution in [0.1, 0.15) is 12.5 Å². The number of hydrogen-bond acceptors (Lipinski definition) is 4. The molecule has 0 aliphatic rings. The van der Waals surface area contributed by atoms with Crippen molar-refractivity contribution in [2.24, 2.45) is 0 Å². The lowest BCUT2D eigenvalue weighted by molar-refractivity contribution is -0.150. The fourth-order valence-corrected chi connectivity index (χ4v) is 1.38. The Morgan fingerprint density at radius 3 is 2.68 bits per heavy atom. The molecule has 0 heterocycles. The number of carbonyl (C=O) groups excluding carboxylic acids is 1. The van der Waals surface area contributed by atoms with Crippen LogP contribution in [0.15, 0.2) is 18.2 Å². The van der Waals surface area contributed by atoms with Crippen LogP contribution in [0, 0.1) is 6.92 Å². The quantitative estimate of drug-likeness (QED) is 0.814. The first-order chi connectivity index (χ1) is 8.93. The van der Waals surface area contributed by atoms with E-state index < -0.39 is 18.0 Å². The van der Waals surface area contributed by atoms with E-state index >= 15 is 0 Å². The van der Waals surface area contributed by atoms with Gasteiger partial charge < -0.3 is 19.9 Å². The number of carboxylic acids is 1. The maximum atomic E-state index is 11.6. The van der Waals surface area contributed by atoms with Gasteiger partial charge in [-0.15, -0.1) is 0 Å². The predicted molar refractivity (Wildman–Crippen MR) is 69.4 cm³/mol. The normalized spacial score (nSPS) is 11.7. The average molecular weight is 267 g/mol.